The van der Waals surface area contributed by atoms with Crippen molar-refractivity contribution in [1.29, 1.82) is 0 Å². The van der Waals surface area contributed by atoms with Crippen LogP contribution in [-0.2, 0) is 6.54 Å². The Kier molecular flexibility index (Phi) is 9.36. The van der Waals surface area contributed by atoms with Crippen LogP contribution >= 0.6 is 50.9 Å². The maximum absolute atomic E-state index is 13.0. The summed E-state index contributed by atoms with van der Waals surface area (Å²) in [6, 6.07) is 11.5. The van der Waals surface area contributed by atoms with Crippen LogP contribution in [0.3, 0.4) is 0 Å². The third kappa shape index (κ3) is 6.50. The van der Waals surface area contributed by atoms with Crippen LogP contribution in [0.1, 0.15) is 46.4 Å². The molecule has 0 unspecified atom stereocenters. The van der Waals surface area contributed by atoms with Gasteiger partial charge in [0.25, 0.3) is 5.91 Å². The lowest BCUT2D eigenvalue weighted by Crippen LogP contribution is -2.34. The van der Waals surface area contributed by atoms with Crippen molar-refractivity contribution in [1.82, 2.24) is 20.1 Å². The fourth-order valence-electron chi connectivity index (χ4n) is 3.21. The second-order valence-corrected chi connectivity index (χ2v) is 10.5. The molecule has 3 aromatic rings. The number of halogens is 3. The SMILES string of the molecule is C=CCn1c(SCC(=O)c2ccc(Br)cc2)nnc1[C@@H](NC(=O)c1ccc(Cl)cc1Cl)C(C)C. The first kappa shape index (κ1) is 26.5. The summed E-state index contributed by atoms with van der Waals surface area (Å²) in [5.74, 6) is 0.430. The number of aromatic nitrogens is 3. The van der Waals surface area contributed by atoms with Gasteiger partial charge in [0, 0.05) is 21.6 Å². The van der Waals surface area contributed by atoms with E-state index in [1.54, 1.807) is 30.3 Å². The van der Waals surface area contributed by atoms with Gasteiger partial charge in [-0.25, -0.2) is 0 Å². The van der Waals surface area contributed by atoms with E-state index in [2.05, 4.69) is 38.0 Å². The molecule has 3 rings (SSSR count). The smallest absolute Gasteiger partial charge is 0.253 e. The fourth-order valence-corrected chi connectivity index (χ4v) is 4.82. The maximum Gasteiger partial charge on any atom is 0.253 e. The Bertz CT molecular complexity index is 1200. The molecule has 2 aromatic carbocycles. The summed E-state index contributed by atoms with van der Waals surface area (Å²) in [6.45, 7) is 8.21. The van der Waals surface area contributed by atoms with Gasteiger partial charge in [0.15, 0.2) is 16.8 Å². The topological polar surface area (TPSA) is 76.9 Å². The van der Waals surface area contributed by atoms with E-state index in [4.69, 9.17) is 23.2 Å². The third-order valence-corrected chi connectivity index (χ3v) is 7.01. The molecule has 1 N–H and O–H groups in total. The fraction of sp³-hybridized carbons (Fsp3) is 0.250. The van der Waals surface area contributed by atoms with Gasteiger partial charge in [0.05, 0.1) is 22.4 Å². The number of allylic oxidation sites excluding steroid dienone is 1. The summed E-state index contributed by atoms with van der Waals surface area (Å²) >= 11 is 16.8. The van der Waals surface area contributed by atoms with Crippen LogP contribution in [0.15, 0.2) is 64.7 Å². The summed E-state index contributed by atoms with van der Waals surface area (Å²) in [7, 11) is 0. The lowest BCUT2D eigenvalue weighted by molar-refractivity contribution is 0.0921. The van der Waals surface area contributed by atoms with Crippen LogP contribution in [0.4, 0.5) is 0 Å². The Hall–Kier alpha value is -2.13. The van der Waals surface area contributed by atoms with E-state index in [1.165, 1.54) is 17.8 Å². The van der Waals surface area contributed by atoms with Crippen LogP contribution in [0, 0.1) is 5.92 Å². The minimum Gasteiger partial charge on any atom is -0.342 e. The van der Waals surface area contributed by atoms with Gasteiger partial charge in [-0.3, -0.25) is 9.59 Å². The van der Waals surface area contributed by atoms with Gasteiger partial charge in [-0.1, -0.05) is 82.9 Å². The van der Waals surface area contributed by atoms with Crippen LogP contribution in [-0.4, -0.2) is 32.2 Å². The number of carbonyl (C=O) groups is 2. The van der Waals surface area contributed by atoms with Crippen LogP contribution in [0.5, 0.6) is 0 Å². The van der Waals surface area contributed by atoms with Crippen molar-refractivity contribution >= 4 is 62.6 Å². The predicted octanol–water partition coefficient (Wildman–Crippen LogP) is 6.64. The maximum atomic E-state index is 13.0. The normalized spacial score (nSPS) is 11.9. The first-order valence-electron chi connectivity index (χ1n) is 10.4. The van der Waals surface area contributed by atoms with Crippen molar-refractivity contribution < 1.29 is 9.59 Å². The summed E-state index contributed by atoms with van der Waals surface area (Å²) in [6.07, 6.45) is 1.72. The Morgan fingerprint density at radius 3 is 2.50 bits per heavy atom. The summed E-state index contributed by atoms with van der Waals surface area (Å²) in [5.41, 5.74) is 0.944. The molecule has 0 aliphatic carbocycles. The number of Topliss-reactive ketones (excluding diaryl/α,β-unsaturated/α-hetero) is 1. The van der Waals surface area contributed by atoms with E-state index < -0.39 is 6.04 Å². The highest BCUT2D eigenvalue weighted by Gasteiger charge is 2.27. The quantitative estimate of drug-likeness (QED) is 0.165. The van der Waals surface area contributed by atoms with Crippen molar-refractivity contribution in [2.45, 2.75) is 31.6 Å². The van der Waals surface area contributed by atoms with Gasteiger partial charge < -0.3 is 9.88 Å². The van der Waals surface area contributed by atoms with E-state index in [0.717, 1.165) is 4.47 Å². The lowest BCUT2D eigenvalue weighted by atomic mass is 10.0. The molecule has 1 atom stereocenters. The summed E-state index contributed by atoms with van der Waals surface area (Å²) in [5, 5.41) is 13.0. The molecular weight excluding hydrogens is 559 g/mol. The second-order valence-electron chi connectivity index (χ2n) is 7.78. The molecule has 10 heteroatoms. The van der Waals surface area contributed by atoms with Gasteiger partial charge in [-0.05, 0) is 36.2 Å². The number of nitrogens with zero attached hydrogens (tertiary/aromatic N) is 3. The highest BCUT2D eigenvalue weighted by Crippen LogP contribution is 2.27. The number of thioether (sulfide) groups is 1. The molecule has 0 aliphatic rings. The molecule has 0 spiro atoms. The first-order chi connectivity index (χ1) is 16.2. The van der Waals surface area contributed by atoms with E-state index in [9.17, 15) is 9.59 Å². The molecular formula is C24H23BrCl2N4O2S. The third-order valence-electron chi connectivity index (χ3n) is 4.96. The predicted molar refractivity (Wildman–Crippen MR) is 141 cm³/mol. The average Bonchev–Trinajstić information content (AvgIpc) is 3.18. The molecule has 6 nitrogen and oxygen atoms in total. The van der Waals surface area contributed by atoms with E-state index in [1.807, 2.05) is 30.5 Å². The van der Waals surface area contributed by atoms with Crippen molar-refractivity contribution in [3.63, 3.8) is 0 Å². The molecule has 0 fully saturated rings. The number of nitrogens with one attached hydrogen (secondary N) is 1. The van der Waals surface area contributed by atoms with Gasteiger partial charge in [-0.15, -0.1) is 16.8 Å². The van der Waals surface area contributed by atoms with Gasteiger partial charge in [0.2, 0.25) is 0 Å². The molecule has 0 bridgehead atoms. The van der Waals surface area contributed by atoms with Crippen molar-refractivity contribution in [3.05, 3.63) is 86.6 Å². The van der Waals surface area contributed by atoms with E-state index >= 15 is 0 Å². The van der Waals surface area contributed by atoms with Gasteiger partial charge >= 0.3 is 0 Å². The molecule has 0 saturated heterocycles. The molecule has 1 amide bonds. The zero-order valence-electron chi connectivity index (χ0n) is 18.6. The second kappa shape index (κ2) is 12.0. The number of ketones is 1. The number of rotatable bonds is 10. The number of amides is 1. The highest BCUT2D eigenvalue weighted by molar-refractivity contribution is 9.10. The first-order valence-corrected chi connectivity index (χ1v) is 13.0. The molecule has 0 saturated carbocycles. The molecule has 1 heterocycles. The van der Waals surface area contributed by atoms with E-state index in [-0.39, 0.29) is 28.4 Å². The Balaban J connectivity index is 1.82. The minimum absolute atomic E-state index is 0.00467. The molecule has 0 aliphatic heterocycles. The zero-order valence-corrected chi connectivity index (χ0v) is 22.5. The molecule has 0 radical (unpaired) electrons. The van der Waals surface area contributed by atoms with Crippen molar-refractivity contribution in [3.8, 4) is 0 Å². The number of hydrogen-bond donors (Lipinski definition) is 1. The molecule has 178 valence electrons. The minimum atomic E-state index is -0.441. The van der Waals surface area contributed by atoms with E-state index in [0.29, 0.717) is 33.7 Å². The molecule has 1 aromatic heterocycles. The van der Waals surface area contributed by atoms with Crippen LogP contribution in [0.2, 0.25) is 10.0 Å². The highest BCUT2D eigenvalue weighted by atomic mass is 79.9. The largest absolute Gasteiger partial charge is 0.342 e. The molecule has 34 heavy (non-hydrogen) atoms. The number of hydrogen-bond acceptors (Lipinski definition) is 5. The standard InChI is InChI=1S/C24H23BrCl2N4O2S/c1-4-11-31-22(21(14(2)3)28-23(33)18-10-9-17(26)12-19(18)27)29-30-24(31)34-13-20(32)15-5-7-16(25)8-6-15/h4-10,12,14,21H,1,11,13H2,2-3H3,(H,28,33)/t21-/m0/s1. The summed E-state index contributed by atoms with van der Waals surface area (Å²) in [4.78, 5) is 25.6. The Morgan fingerprint density at radius 1 is 1.18 bits per heavy atom. The number of benzene rings is 2. The number of carbonyl (C=O) groups excluding carboxylic acids is 2. The lowest BCUT2D eigenvalue weighted by Gasteiger charge is -2.23. The van der Waals surface area contributed by atoms with Gasteiger partial charge in [0.1, 0.15) is 0 Å². The monoisotopic (exact) mass is 580 g/mol. The Labute approximate surface area is 221 Å². The average molecular weight is 582 g/mol. The van der Waals surface area contributed by atoms with Crippen molar-refractivity contribution in [2.75, 3.05) is 5.75 Å². The van der Waals surface area contributed by atoms with Gasteiger partial charge in [-0.2, -0.15) is 0 Å². The summed E-state index contributed by atoms with van der Waals surface area (Å²) < 4.78 is 2.77. The zero-order chi connectivity index (χ0) is 24.8. The Morgan fingerprint density at radius 2 is 1.88 bits per heavy atom. The van der Waals surface area contributed by atoms with Crippen LogP contribution < -0.4 is 5.32 Å². The van der Waals surface area contributed by atoms with Crippen molar-refractivity contribution in [2.24, 2.45) is 5.92 Å². The van der Waals surface area contributed by atoms with Crippen LogP contribution in [0.25, 0.3) is 0 Å².